The maximum absolute atomic E-state index is 5.98. The van der Waals surface area contributed by atoms with Gasteiger partial charge in [-0.05, 0) is 18.2 Å². The molecule has 0 aliphatic heterocycles. The predicted molar refractivity (Wildman–Crippen MR) is 116 cm³/mol. The second-order valence-electron chi connectivity index (χ2n) is 5.10. The van der Waals surface area contributed by atoms with Gasteiger partial charge in [0.05, 0.1) is 20.8 Å². The first-order chi connectivity index (χ1) is 12.2. The molecule has 2 aromatic rings. The third-order valence-electron chi connectivity index (χ3n) is 3.40. The van der Waals surface area contributed by atoms with Crippen LogP contribution in [0.1, 0.15) is 5.56 Å². The number of hydrogen-bond donors (Lipinski definition) is 2. The van der Waals surface area contributed by atoms with Crippen molar-refractivity contribution in [2.75, 3.05) is 26.1 Å². The lowest BCUT2D eigenvalue weighted by Crippen LogP contribution is -2.22. The summed E-state index contributed by atoms with van der Waals surface area (Å²) in [6, 6.07) is 13.1. The summed E-state index contributed by atoms with van der Waals surface area (Å²) in [7, 11) is 3.17. The fourth-order valence-corrected chi connectivity index (χ4v) is 2.20. The van der Waals surface area contributed by atoms with E-state index in [1.165, 1.54) is 0 Å². The van der Waals surface area contributed by atoms with Crippen LogP contribution in [0.2, 0.25) is 0 Å². The van der Waals surface area contributed by atoms with Crippen LogP contribution in [0.15, 0.2) is 60.1 Å². The molecule has 0 spiro atoms. The van der Waals surface area contributed by atoms with E-state index in [1.54, 1.807) is 32.4 Å². The Bertz CT molecular complexity index is 751. The molecule has 0 saturated heterocycles. The van der Waals surface area contributed by atoms with E-state index in [9.17, 15) is 0 Å². The first kappa shape index (κ1) is 21.6. The Labute approximate surface area is 171 Å². The number of aliphatic imine (C=N–C) groups is 1. The number of para-hydroxylation sites is 1. The molecule has 0 saturated carbocycles. The van der Waals surface area contributed by atoms with Crippen molar-refractivity contribution >= 4 is 35.6 Å². The van der Waals surface area contributed by atoms with Gasteiger partial charge in [-0.3, -0.25) is 0 Å². The summed E-state index contributed by atoms with van der Waals surface area (Å²) in [6.45, 7) is 4.50. The van der Waals surface area contributed by atoms with Gasteiger partial charge in [0.1, 0.15) is 12.4 Å². The zero-order valence-corrected chi connectivity index (χ0v) is 17.2. The van der Waals surface area contributed by atoms with Crippen molar-refractivity contribution in [2.45, 2.75) is 6.54 Å². The van der Waals surface area contributed by atoms with Crippen LogP contribution < -0.4 is 25.3 Å². The number of ether oxygens (including phenoxy) is 3. The standard InChI is InChI=1S/C19H23N3O3.HI/c1-4-11-25-16-8-6-5-7-14(16)13-21-19(20)22-15-9-10-17(23-2)18(12-15)24-3;/h4-10,12H,1,11,13H2,2-3H3,(H3,20,21,22);1H. The van der Waals surface area contributed by atoms with Crippen molar-refractivity contribution in [2.24, 2.45) is 10.7 Å². The van der Waals surface area contributed by atoms with Gasteiger partial charge in [0.15, 0.2) is 17.5 Å². The highest BCUT2D eigenvalue weighted by Gasteiger charge is 2.06. The van der Waals surface area contributed by atoms with Gasteiger partial charge in [-0.2, -0.15) is 0 Å². The Balaban J connectivity index is 0.00000338. The maximum atomic E-state index is 5.98. The average Bonchev–Trinajstić information content (AvgIpc) is 2.65. The summed E-state index contributed by atoms with van der Waals surface area (Å²) < 4.78 is 16.1. The summed E-state index contributed by atoms with van der Waals surface area (Å²) in [4.78, 5) is 4.36. The molecule has 2 aromatic carbocycles. The van der Waals surface area contributed by atoms with Gasteiger partial charge in [-0.15, -0.1) is 24.0 Å². The number of guanidine groups is 1. The van der Waals surface area contributed by atoms with Crippen molar-refractivity contribution in [3.63, 3.8) is 0 Å². The molecular formula is C19H24IN3O3. The monoisotopic (exact) mass is 469 g/mol. The second kappa shape index (κ2) is 11.2. The minimum Gasteiger partial charge on any atom is -0.493 e. The highest BCUT2D eigenvalue weighted by molar-refractivity contribution is 14.0. The van der Waals surface area contributed by atoms with Crippen LogP contribution >= 0.6 is 24.0 Å². The lowest BCUT2D eigenvalue weighted by Gasteiger charge is -2.11. The molecule has 26 heavy (non-hydrogen) atoms. The van der Waals surface area contributed by atoms with Gasteiger partial charge in [-0.1, -0.05) is 30.9 Å². The van der Waals surface area contributed by atoms with Gasteiger partial charge < -0.3 is 25.3 Å². The topological polar surface area (TPSA) is 78.1 Å². The first-order valence-electron chi connectivity index (χ1n) is 7.78. The molecule has 3 N–H and O–H groups in total. The molecule has 0 bridgehead atoms. The van der Waals surface area contributed by atoms with Crippen LogP contribution in [0, 0.1) is 0 Å². The third kappa shape index (κ3) is 6.14. The summed E-state index contributed by atoms with van der Waals surface area (Å²) in [5.41, 5.74) is 7.68. The molecule has 6 nitrogen and oxygen atoms in total. The molecule has 2 rings (SSSR count). The Morgan fingerprint density at radius 1 is 1.12 bits per heavy atom. The van der Waals surface area contributed by atoms with Gasteiger partial charge in [0.25, 0.3) is 0 Å². The van der Waals surface area contributed by atoms with Crippen molar-refractivity contribution in [1.29, 1.82) is 0 Å². The molecule has 0 aliphatic carbocycles. The Morgan fingerprint density at radius 2 is 1.85 bits per heavy atom. The summed E-state index contributed by atoms with van der Waals surface area (Å²) >= 11 is 0. The van der Waals surface area contributed by atoms with E-state index in [1.807, 2.05) is 30.3 Å². The average molecular weight is 469 g/mol. The Morgan fingerprint density at radius 3 is 2.54 bits per heavy atom. The molecule has 0 radical (unpaired) electrons. The second-order valence-corrected chi connectivity index (χ2v) is 5.10. The van der Waals surface area contributed by atoms with E-state index in [0.717, 1.165) is 17.0 Å². The van der Waals surface area contributed by atoms with Crippen molar-refractivity contribution < 1.29 is 14.2 Å². The number of nitrogens with zero attached hydrogens (tertiary/aromatic N) is 1. The van der Waals surface area contributed by atoms with Crippen LogP contribution in [0.25, 0.3) is 0 Å². The highest BCUT2D eigenvalue weighted by atomic mass is 127. The largest absolute Gasteiger partial charge is 0.493 e. The minimum atomic E-state index is 0. The first-order valence-corrected chi connectivity index (χ1v) is 7.78. The van der Waals surface area contributed by atoms with Crippen LogP contribution in [0.5, 0.6) is 17.2 Å². The van der Waals surface area contributed by atoms with Crippen molar-refractivity contribution in [3.05, 3.63) is 60.7 Å². The fourth-order valence-electron chi connectivity index (χ4n) is 2.20. The quantitative estimate of drug-likeness (QED) is 0.266. The van der Waals surface area contributed by atoms with Crippen LogP contribution in [-0.4, -0.2) is 26.8 Å². The third-order valence-corrected chi connectivity index (χ3v) is 3.40. The molecule has 0 unspecified atom stereocenters. The van der Waals surface area contributed by atoms with Gasteiger partial charge >= 0.3 is 0 Å². The number of nitrogens with one attached hydrogen (secondary N) is 1. The zero-order chi connectivity index (χ0) is 18.1. The lowest BCUT2D eigenvalue weighted by molar-refractivity contribution is 0.355. The van der Waals surface area contributed by atoms with Gasteiger partial charge in [0.2, 0.25) is 0 Å². The van der Waals surface area contributed by atoms with Crippen LogP contribution in [0.4, 0.5) is 5.69 Å². The van der Waals surface area contributed by atoms with E-state index in [-0.39, 0.29) is 24.0 Å². The zero-order valence-electron chi connectivity index (χ0n) is 14.9. The molecule has 0 atom stereocenters. The lowest BCUT2D eigenvalue weighted by atomic mass is 10.2. The molecule has 0 amide bonds. The summed E-state index contributed by atoms with van der Waals surface area (Å²) in [6.07, 6.45) is 1.70. The van der Waals surface area contributed by atoms with Crippen LogP contribution in [0.3, 0.4) is 0 Å². The normalized spacial score (nSPS) is 10.5. The molecule has 0 aromatic heterocycles. The van der Waals surface area contributed by atoms with Gasteiger partial charge in [-0.25, -0.2) is 4.99 Å². The number of anilines is 1. The van der Waals surface area contributed by atoms with E-state index in [2.05, 4.69) is 16.9 Å². The molecule has 0 aliphatic rings. The molecule has 0 fully saturated rings. The van der Waals surface area contributed by atoms with Crippen LogP contribution in [-0.2, 0) is 6.54 Å². The molecular weight excluding hydrogens is 445 g/mol. The van der Waals surface area contributed by atoms with Crippen molar-refractivity contribution in [3.8, 4) is 17.2 Å². The van der Waals surface area contributed by atoms with E-state index >= 15 is 0 Å². The molecule has 7 heteroatoms. The summed E-state index contributed by atoms with van der Waals surface area (Å²) in [5, 5.41) is 3.04. The van der Waals surface area contributed by atoms with E-state index in [0.29, 0.717) is 30.6 Å². The SMILES string of the molecule is C=CCOc1ccccc1CN=C(N)Nc1ccc(OC)c(OC)c1.I. The number of rotatable bonds is 8. The number of halogens is 1. The number of benzene rings is 2. The number of hydrogen-bond acceptors (Lipinski definition) is 4. The Hall–Kier alpha value is -2.42. The number of methoxy groups -OCH3 is 2. The van der Waals surface area contributed by atoms with E-state index in [4.69, 9.17) is 19.9 Å². The van der Waals surface area contributed by atoms with Crippen molar-refractivity contribution in [1.82, 2.24) is 0 Å². The van der Waals surface area contributed by atoms with E-state index < -0.39 is 0 Å². The maximum Gasteiger partial charge on any atom is 0.193 e. The fraction of sp³-hybridized carbons (Fsp3) is 0.211. The minimum absolute atomic E-state index is 0. The Kier molecular flexibility index (Phi) is 9.35. The smallest absolute Gasteiger partial charge is 0.193 e. The number of nitrogens with two attached hydrogens (primary N) is 1. The highest BCUT2D eigenvalue weighted by Crippen LogP contribution is 2.29. The summed E-state index contributed by atoms with van der Waals surface area (Å²) in [5.74, 6) is 2.33. The predicted octanol–water partition coefficient (Wildman–Crippen LogP) is 3.81. The van der Waals surface area contributed by atoms with Gasteiger partial charge in [0, 0.05) is 17.3 Å². The molecule has 0 heterocycles. The molecule has 140 valence electrons.